The van der Waals surface area contributed by atoms with Crippen molar-refractivity contribution in [3.8, 4) is 11.4 Å². The highest BCUT2D eigenvalue weighted by atomic mass is 16.3. The van der Waals surface area contributed by atoms with Gasteiger partial charge in [0.25, 0.3) is 6.47 Å². The Balaban J connectivity index is 0.000000497. The Morgan fingerprint density at radius 3 is 2.76 bits per heavy atom. The van der Waals surface area contributed by atoms with E-state index in [1.807, 2.05) is 22.9 Å². The van der Waals surface area contributed by atoms with E-state index in [1.54, 1.807) is 0 Å². The summed E-state index contributed by atoms with van der Waals surface area (Å²) >= 11 is 0. The van der Waals surface area contributed by atoms with Crippen LogP contribution in [-0.4, -0.2) is 41.8 Å². The number of aromatic nitrogens is 6. The maximum Gasteiger partial charge on any atom is 0.290 e. The van der Waals surface area contributed by atoms with Crippen molar-refractivity contribution in [3.05, 3.63) is 24.0 Å². The van der Waals surface area contributed by atoms with E-state index in [2.05, 4.69) is 39.3 Å². The fraction of sp³-hybridized carbons (Fsp3) is 0.308. The zero-order chi connectivity index (χ0) is 15.2. The molecular formula is C13H16N6O2. The van der Waals surface area contributed by atoms with Gasteiger partial charge in [-0.25, -0.2) is 9.67 Å². The molecule has 3 rings (SSSR count). The number of rotatable bonds is 3. The van der Waals surface area contributed by atoms with Crippen LogP contribution in [0.25, 0.3) is 22.4 Å². The standard InChI is InChI=1S/C12H14N6.CH2O2/c1-3-10-13-12(18(4-2)16-10)8-6-5-7-9-11(8)15-17-14-9;2-1-3/h5-7H,3-4H2,1-2H3,(H,14,15,17);1H,(H,2,3). The van der Waals surface area contributed by atoms with Crippen LogP contribution in [0.1, 0.15) is 19.7 Å². The van der Waals surface area contributed by atoms with E-state index in [9.17, 15) is 0 Å². The number of fused-ring (bicyclic) bond motifs is 1. The van der Waals surface area contributed by atoms with Gasteiger partial charge in [0, 0.05) is 18.5 Å². The summed E-state index contributed by atoms with van der Waals surface area (Å²) < 4.78 is 1.91. The number of para-hydroxylation sites is 1. The second-order valence-corrected chi connectivity index (χ2v) is 4.12. The Morgan fingerprint density at radius 1 is 1.33 bits per heavy atom. The minimum Gasteiger partial charge on any atom is -0.483 e. The molecule has 0 radical (unpaired) electrons. The molecule has 0 fully saturated rings. The molecule has 8 heteroatoms. The number of aryl methyl sites for hydroxylation is 2. The normalized spacial score (nSPS) is 10.2. The molecule has 21 heavy (non-hydrogen) atoms. The van der Waals surface area contributed by atoms with Crippen LogP contribution in [0.3, 0.4) is 0 Å². The van der Waals surface area contributed by atoms with Crippen molar-refractivity contribution in [1.82, 2.24) is 30.2 Å². The molecule has 0 saturated carbocycles. The maximum atomic E-state index is 8.36. The predicted octanol–water partition coefficient (Wildman–Crippen LogP) is 1.50. The number of benzene rings is 1. The molecule has 0 aliphatic heterocycles. The second-order valence-electron chi connectivity index (χ2n) is 4.12. The summed E-state index contributed by atoms with van der Waals surface area (Å²) in [5.41, 5.74) is 2.65. The van der Waals surface area contributed by atoms with Gasteiger partial charge in [-0.1, -0.05) is 13.0 Å². The first kappa shape index (κ1) is 14.6. The highest BCUT2D eigenvalue weighted by Crippen LogP contribution is 2.24. The summed E-state index contributed by atoms with van der Waals surface area (Å²) in [6.07, 6.45) is 0.828. The van der Waals surface area contributed by atoms with Crippen LogP contribution in [0.15, 0.2) is 18.2 Å². The van der Waals surface area contributed by atoms with Gasteiger partial charge in [0.15, 0.2) is 11.6 Å². The molecule has 0 spiro atoms. The summed E-state index contributed by atoms with van der Waals surface area (Å²) in [6.45, 7) is 4.65. The van der Waals surface area contributed by atoms with Crippen molar-refractivity contribution in [2.24, 2.45) is 0 Å². The summed E-state index contributed by atoms with van der Waals surface area (Å²) in [5.74, 6) is 1.71. The molecule has 0 aliphatic carbocycles. The Kier molecular flexibility index (Phi) is 4.60. The number of carboxylic acid groups (broad SMARTS) is 1. The second kappa shape index (κ2) is 6.60. The minimum absolute atomic E-state index is 0.250. The molecule has 0 aliphatic rings. The van der Waals surface area contributed by atoms with Gasteiger partial charge in [0.2, 0.25) is 0 Å². The van der Waals surface area contributed by atoms with Gasteiger partial charge in [-0.15, -0.1) is 0 Å². The van der Waals surface area contributed by atoms with Crippen LogP contribution in [0.2, 0.25) is 0 Å². The van der Waals surface area contributed by atoms with Gasteiger partial charge in [0.05, 0.1) is 0 Å². The van der Waals surface area contributed by atoms with Crippen LogP contribution in [0.5, 0.6) is 0 Å². The van der Waals surface area contributed by atoms with E-state index in [1.165, 1.54) is 0 Å². The molecule has 8 nitrogen and oxygen atoms in total. The molecule has 0 unspecified atom stereocenters. The number of nitrogens with one attached hydrogen (secondary N) is 1. The molecule has 0 atom stereocenters. The van der Waals surface area contributed by atoms with Gasteiger partial charge < -0.3 is 5.11 Å². The Morgan fingerprint density at radius 2 is 2.10 bits per heavy atom. The number of hydrogen-bond acceptors (Lipinski definition) is 5. The minimum atomic E-state index is -0.250. The predicted molar refractivity (Wildman–Crippen MR) is 76.6 cm³/mol. The van der Waals surface area contributed by atoms with Crippen LogP contribution < -0.4 is 0 Å². The lowest BCUT2D eigenvalue weighted by molar-refractivity contribution is -0.122. The van der Waals surface area contributed by atoms with Crippen LogP contribution >= 0.6 is 0 Å². The van der Waals surface area contributed by atoms with Crippen molar-refractivity contribution in [3.63, 3.8) is 0 Å². The Labute approximate surface area is 120 Å². The summed E-state index contributed by atoms with van der Waals surface area (Å²) in [4.78, 5) is 12.9. The van der Waals surface area contributed by atoms with Crippen molar-refractivity contribution in [1.29, 1.82) is 0 Å². The number of hydrogen-bond donors (Lipinski definition) is 2. The van der Waals surface area contributed by atoms with Gasteiger partial charge in [0.1, 0.15) is 11.0 Å². The van der Waals surface area contributed by atoms with Gasteiger partial charge in [-0.2, -0.15) is 20.5 Å². The molecule has 3 aromatic rings. The van der Waals surface area contributed by atoms with Crippen LogP contribution in [-0.2, 0) is 17.8 Å². The molecule has 2 heterocycles. The molecule has 2 N–H and O–H groups in total. The summed E-state index contributed by atoms with van der Waals surface area (Å²) in [5, 5.41) is 22.3. The van der Waals surface area contributed by atoms with Crippen LogP contribution in [0.4, 0.5) is 0 Å². The molecule has 110 valence electrons. The fourth-order valence-corrected chi connectivity index (χ4v) is 2.01. The summed E-state index contributed by atoms with van der Waals surface area (Å²) in [6, 6.07) is 5.89. The molecule has 0 bridgehead atoms. The van der Waals surface area contributed by atoms with Gasteiger partial charge in [-0.05, 0) is 19.1 Å². The van der Waals surface area contributed by atoms with Crippen molar-refractivity contribution in [2.45, 2.75) is 26.8 Å². The lowest BCUT2D eigenvalue weighted by atomic mass is 10.1. The molecule has 1 aromatic carbocycles. The molecular weight excluding hydrogens is 272 g/mol. The number of carbonyl (C=O) groups is 1. The third-order valence-corrected chi connectivity index (χ3v) is 2.92. The highest BCUT2D eigenvalue weighted by Gasteiger charge is 2.14. The van der Waals surface area contributed by atoms with E-state index in [-0.39, 0.29) is 6.47 Å². The summed E-state index contributed by atoms with van der Waals surface area (Å²) in [7, 11) is 0. The number of H-pyrrole nitrogens is 1. The first-order valence-electron chi connectivity index (χ1n) is 6.56. The lowest BCUT2D eigenvalue weighted by Crippen LogP contribution is -2.00. The van der Waals surface area contributed by atoms with E-state index >= 15 is 0 Å². The fourth-order valence-electron chi connectivity index (χ4n) is 2.01. The molecule has 2 aromatic heterocycles. The van der Waals surface area contributed by atoms with Crippen LogP contribution in [0, 0.1) is 0 Å². The third kappa shape index (κ3) is 2.88. The average molecular weight is 288 g/mol. The first-order chi connectivity index (χ1) is 10.2. The molecule has 0 amide bonds. The smallest absolute Gasteiger partial charge is 0.290 e. The lowest BCUT2D eigenvalue weighted by Gasteiger charge is -2.02. The van der Waals surface area contributed by atoms with Gasteiger partial charge >= 0.3 is 0 Å². The maximum absolute atomic E-state index is 8.36. The first-order valence-corrected chi connectivity index (χ1v) is 6.56. The Hall–Kier alpha value is -2.77. The number of nitrogens with zero attached hydrogens (tertiary/aromatic N) is 5. The SMILES string of the molecule is CCc1nc(-c2cccc3n[nH]nc23)n(CC)n1.O=CO. The Bertz CT molecular complexity index is 733. The highest BCUT2D eigenvalue weighted by molar-refractivity contribution is 5.89. The van der Waals surface area contributed by atoms with Crippen molar-refractivity contribution in [2.75, 3.05) is 0 Å². The quantitative estimate of drug-likeness (QED) is 0.707. The van der Waals surface area contributed by atoms with E-state index in [4.69, 9.17) is 9.90 Å². The zero-order valence-corrected chi connectivity index (χ0v) is 11.8. The largest absolute Gasteiger partial charge is 0.483 e. The third-order valence-electron chi connectivity index (χ3n) is 2.92. The average Bonchev–Trinajstić information content (AvgIpc) is 3.13. The van der Waals surface area contributed by atoms with Crippen molar-refractivity contribution < 1.29 is 9.90 Å². The zero-order valence-electron chi connectivity index (χ0n) is 11.8. The topological polar surface area (TPSA) is 110 Å². The van der Waals surface area contributed by atoms with Gasteiger partial charge in [-0.3, -0.25) is 4.79 Å². The molecule has 0 saturated heterocycles. The van der Waals surface area contributed by atoms with Crippen molar-refractivity contribution >= 4 is 17.5 Å². The van der Waals surface area contributed by atoms with E-state index in [0.717, 1.165) is 41.2 Å². The number of aromatic amines is 1. The van der Waals surface area contributed by atoms with E-state index in [0.29, 0.717) is 0 Å². The van der Waals surface area contributed by atoms with E-state index < -0.39 is 0 Å². The monoisotopic (exact) mass is 288 g/mol.